The van der Waals surface area contributed by atoms with Crippen LogP contribution in [0.4, 0.5) is 0 Å². The lowest BCUT2D eigenvalue weighted by Gasteiger charge is -2.16. The Hall–Kier alpha value is -2.77. The van der Waals surface area contributed by atoms with Gasteiger partial charge in [-0.15, -0.1) is 0 Å². The zero-order valence-electron chi connectivity index (χ0n) is 15.5. The zero-order valence-corrected chi connectivity index (χ0v) is 15.5. The predicted octanol–water partition coefficient (Wildman–Crippen LogP) is 0.978. The third-order valence-corrected chi connectivity index (χ3v) is 3.60. The van der Waals surface area contributed by atoms with Crippen LogP contribution in [-0.4, -0.2) is 49.7 Å². The molecule has 144 valence electrons. The molecule has 8 heteroatoms. The summed E-state index contributed by atoms with van der Waals surface area (Å²) in [7, 11) is 3.02. The molecule has 0 saturated carbocycles. The van der Waals surface area contributed by atoms with E-state index in [-0.39, 0.29) is 24.8 Å². The van der Waals surface area contributed by atoms with Gasteiger partial charge in [0.1, 0.15) is 6.04 Å². The molecular formula is C18H26N2O6. The maximum Gasteiger partial charge on any atom is 0.326 e. The number of carbonyl (C=O) groups is 3. The second-order valence-electron chi connectivity index (χ2n) is 6.23. The van der Waals surface area contributed by atoms with E-state index >= 15 is 0 Å². The Bertz CT molecular complexity index is 645. The van der Waals surface area contributed by atoms with Crippen LogP contribution in [0.1, 0.15) is 25.8 Å². The van der Waals surface area contributed by atoms with Crippen molar-refractivity contribution in [1.82, 2.24) is 10.6 Å². The molecule has 0 saturated heterocycles. The SMILES string of the molecule is COc1ccc(CC(=O)NCC(=O)N[C@@H](CC(C)C)C(=O)O)cc1OC. The van der Waals surface area contributed by atoms with Crippen LogP contribution in [0.25, 0.3) is 0 Å². The number of carbonyl (C=O) groups excluding carboxylic acids is 2. The summed E-state index contributed by atoms with van der Waals surface area (Å²) in [6.07, 6.45) is 0.378. The van der Waals surface area contributed by atoms with Crippen molar-refractivity contribution < 1.29 is 29.0 Å². The van der Waals surface area contributed by atoms with E-state index in [1.807, 2.05) is 13.8 Å². The molecule has 8 nitrogen and oxygen atoms in total. The van der Waals surface area contributed by atoms with Gasteiger partial charge in [0.2, 0.25) is 11.8 Å². The summed E-state index contributed by atoms with van der Waals surface area (Å²) in [6, 6.07) is 4.13. The number of benzene rings is 1. The van der Waals surface area contributed by atoms with Crippen LogP contribution in [0.15, 0.2) is 18.2 Å². The minimum absolute atomic E-state index is 0.0575. The Balaban J connectivity index is 2.53. The number of rotatable bonds is 10. The van der Waals surface area contributed by atoms with Crippen molar-refractivity contribution in [2.45, 2.75) is 32.7 Å². The fraction of sp³-hybridized carbons (Fsp3) is 0.500. The monoisotopic (exact) mass is 366 g/mol. The number of carboxylic acids is 1. The quantitative estimate of drug-likeness (QED) is 0.569. The van der Waals surface area contributed by atoms with E-state index < -0.39 is 17.9 Å². The van der Waals surface area contributed by atoms with E-state index in [4.69, 9.17) is 14.6 Å². The zero-order chi connectivity index (χ0) is 19.7. The molecule has 0 bridgehead atoms. The molecule has 1 atom stereocenters. The molecule has 1 rings (SSSR count). The molecule has 0 unspecified atom stereocenters. The van der Waals surface area contributed by atoms with Gasteiger partial charge in [0, 0.05) is 0 Å². The summed E-state index contributed by atoms with van der Waals surface area (Å²) in [6.45, 7) is 3.45. The van der Waals surface area contributed by atoms with Crippen LogP contribution < -0.4 is 20.1 Å². The molecule has 3 N–H and O–H groups in total. The first kappa shape index (κ1) is 21.3. The summed E-state index contributed by atoms with van der Waals surface area (Å²) in [5.41, 5.74) is 0.698. The fourth-order valence-electron chi connectivity index (χ4n) is 2.36. The Morgan fingerprint density at radius 2 is 1.73 bits per heavy atom. The lowest BCUT2D eigenvalue weighted by atomic mass is 10.0. The summed E-state index contributed by atoms with van der Waals surface area (Å²) in [5, 5.41) is 14.0. The Morgan fingerprint density at radius 3 is 2.27 bits per heavy atom. The first-order chi connectivity index (χ1) is 12.3. The van der Waals surface area contributed by atoms with Crippen molar-refractivity contribution >= 4 is 17.8 Å². The van der Waals surface area contributed by atoms with Gasteiger partial charge in [0.25, 0.3) is 0 Å². The van der Waals surface area contributed by atoms with Gasteiger partial charge in [-0.25, -0.2) is 4.79 Å². The molecule has 0 aliphatic carbocycles. The lowest BCUT2D eigenvalue weighted by molar-refractivity contribution is -0.142. The average Bonchev–Trinajstić information content (AvgIpc) is 2.58. The van der Waals surface area contributed by atoms with E-state index in [9.17, 15) is 14.4 Å². The fourth-order valence-corrected chi connectivity index (χ4v) is 2.36. The van der Waals surface area contributed by atoms with Crippen molar-refractivity contribution in [3.05, 3.63) is 23.8 Å². The molecule has 0 radical (unpaired) electrons. The highest BCUT2D eigenvalue weighted by Gasteiger charge is 2.21. The molecular weight excluding hydrogens is 340 g/mol. The van der Waals surface area contributed by atoms with Crippen LogP contribution in [0.2, 0.25) is 0 Å². The molecule has 0 fully saturated rings. The smallest absolute Gasteiger partial charge is 0.326 e. The van der Waals surface area contributed by atoms with Gasteiger partial charge < -0.3 is 25.2 Å². The van der Waals surface area contributed by atoms with Crippen LogP contribution in [-0.2, 0) is 20.8 Å². The van der Waals surface area contributed by atoms with Gasteiger partial charge in [-0.2, -0.15) is 0 Å². The molecule has 0 aromatic heterocycles. The lowest BCUT2D eigenvalue weighted by Crippen LogP contribution is -2.46. The molecule has 26 heavy (non-hydrogen) atoms. The number of methoxy groups -OCH3 is 2. The molecule has 0 spiro atoms. The molecule has 0 aliphatic rings. The highest BCUT2D eigenvalue weighted by atomic mass is 16.5. The third-order valence-electron chi connectivity index (χ3n) is 3.60. The van der Waals surface area contributed by atoms with Crippen LogP contribution in [0, 0.1) is 5.92 Å². The Morgan fingerprint density at radius 1 is 1.08 bits per heavy atom. The van der Waals surface area contributed by atoms with E-state index in [1.165, 1.54) is 14.2 Å². The number of ether oxygens (including phenoxy) is 2. The van der Waals surface area contributed by atoms with Gasteiger partial charge >= 0.3 is 5.97 Å². The first-order valence-corrected chi connectivity index (χ1v) is 8.26. The standard InChI is InChI=1S/C18H26N2O6/c1-11(2)7-13(18(23)24)20-17(22)10-19-16(21)9-12-5-6-14(25-3)15(8-12)26-4/h5-6,8,11,13H,7,9-10H2,1-4H3,(H,19,21)(H,20,22)(H,23,24)/t13-/m0/s1. The molecule has 0 aliphatic heterocycles. The van der Waals surface area contributed by atoms with Crippen LogP contribution >= 0.6 is 0 Å². The van der Waals surface area contributed by atoms with Crippen molar-refractivity contribution in [3.63, 3.8) is 0 Å². The normalized spacial score (nSPS) is 11.6. The second kappa shape index (κ2) is 10.3. The van der Waals surface area contributed by atoms with Gasteiger partial charge in [-0.1, -0.05) is 19.9 Å². The summed E-state index contributed by atoms with van der Waals surface area (Å²) >= 11 is 0. The number of nitrogens with one attached hydrogen (secondary N) is 2. The van der Waals surface area contributed by atoms with E-state index in [0.29, 0.717) is 23.5 Å². The summed E-state index contributed by atoms with van der Waals surface area (Å²) in [4.78, 5) is 35.0. The van der Waals surface area contributed by atoms with Crippen LogP contribution in [0.3, 0.4) is 0 Å². The maximum atomic E-state index is 12.0. The second-order valence-corrected chi connectivity index (χ2v) is 6.23. The minimum Gasteiger partial charge on any atom is -0.493 e. The maximum absolute atomic E-state index is 12.0. The van der Waals surface area contributed by atoms with Crippen molar-refractivity contribution in [3.8, 4) is 11.5 Å². The topological polar surface area (TPSA) is 114 Å². The average molecular weight is 366 g/mol. The van der Waals surface area contributed by atoms with Crippen molar-refractivity contribution in [2.24, 2.45) is 5.92 Å². The number of hydrogen-bond acceptors (Lipinski definition) is 5. The summed E-state index contributed by atoms with van der Waals surface area (Å²) in [5.74, 6) is -0.809. The van der Waals surface area contributed by atoms with Gasteiger partial charge in [-0.3, -0.25) is 9.59 Å². The largest absolute Gasteiger partial charge is 0.493 e. The number of aliphatic carboxylic acids is 1. The van der Waals surface area contributed by atoms with Gasteiger partial charge in [0.15, 0.2) is 11.5 Å². The van der Waals surface area contributed by atoms with Gasteiger partial charge in [-0.05, 0) is 30.0 Å². The highest BCUT2D eigenvalue weighted by molar-refractivity contribution is 5.88. The van der Waals surface area contributed by atoms with E-state index in [2.05, 4.69) is 10.6 Å². The number of amides is 2. The highest BCUT2D eigenvalue weighted by Crippen LogP contribution is 2.27. The molecule has 1 aromatic carbocycles. The molecule has 0 heterocycles. The Labute approximate surface area is 152 Å². The third kappa shape index (κ3) is 7.00. The van der Waals surface area contributed by atoms with Crippen molar-refractivity contribution in [2.75, 3.05) is 20.8 Å². The van der Waals surface area contributed by atoms with Gasteiger partial charge in [0.05, 0.1) is 27.2 Å². The Kier molecular flexibility index (Phi) is 8.41. The van der Waals surface area contributed by atoms with Crippen molar-refractivity contribution in [1.29, 1.82) is 0 Å². The molecule has 2 amide bonds. The predicted molar refractivity (Wildman–Crippen MR) is 95.3 cm³/mol. The molecule has 1 aromatic rings. The number of hydrogen-bond donors (Lipinski definition) is 3. The van der Waals surface area contributed by atoms with E-state index in [1.54, 1.807) is 18.2 Å². The summed E-state index contributed by atoms with van der Waals surface area (Å²) < 4.78 is 10.3. The first-order valence-electron chi connectivity index (χ1n) is 8.26. The van der Waals surface area contributed by atoms with E-state index in [0.717, 1.165) is 0 Å². The van der Waals surface area contributed by atoms with Crippen LogP contribution in [0.5, 0.6) is 11.5 Å². The number of carboxylic acid groups (broad SMARTS) is 1. The minimum atomic E-state index is -1.09.